The summed E-state index contributed by atoms with van der Waals surface area (Å²) in [6.07, 6.45) is 5.27. The molecule has 1 aliphatic rings. The van der Waals surface area contributed by atoms with Gasteiger partial charge in [0.05, 0.1) is 0 Å². The van der Waals surface area contributed by atoms with E-state index in [9.17, 15) is 0 Å². The second-order valence-electron chi connectivity index (χ2n) is 4.19. The highest BCUT2D eigenvalue weighted by Gasteiger charge is 2.26. The lowest BCUT2D eigenvalue weighted by Gasteiger charge is -2.29. The van der Waals surface area contributed by atoms with Gasteiger partial charge in [0.25, 0.3) is 0 Å². The van der Waals surface area contributed by atoms with Crippen LogP contribution in [-0.2, 0) is 6.42 Å². The fourth-order valence-electron chi connectivity index (χ4n) is 2.43. The molecule has 2 rings (SSSR count). The Morgan fingerprint density at radius 1 is 1.36 bits per heavy atom. The van der Waals surface area contributed by atoms with Crippen LogP contribution in [0, 0.1) is 5.92 Å². The average molecular weight is 253 g/mol. The highest BCUT2D eigenvalue weighted by atomic mass is 79.9. The van der Waals surface area contributed by atoms with Crippen LogP contribution in [-0.4, -0.2) is 0 Å². The number of halogens is 1. The summed E-state index contributed by atoms with van der Waals surface area (Å²) in [4.78, 5) is 0.590. The number of hydrogen-bond acceptors (Lipinski definition) is 0. The van der Waals surface area contributed by atoms with Crippen molar-refractivity contribution in [3.8, 4) is 0 Å². The van der Waals surface area contributed by atoms with E-state index in [1.165, 1.54) is 31.2 Å². The van der Waals surface area contributed by atoms with Gasteiger partial charge in [0.1, 0.15) is 0 Å². The third-order valence-corrected chi connectivity index (χ3v) is 4.45. The maximum atomic E-state index is 3.85. The molecule has 0 N–H and O–H groups in total. The van der Waals surface area contributed by atoms with Crippen LogP contribution in [0.5, 0.6) is 0 Å². The van der Waals surface area contributed by atoms with Gasteiger partial charge in [-0.05, 0) is 36.3 Å². The third-order valence-electron chi connectivity index (χ3n) is 3.21. The highest BCUT2D eigenvalue weighted by Crippen LogP contribution is 2.42. The first-order chi connectivity index (χ1) is 6.83. The van der Waals surface area contributed by atoms with Gasteiger partial charge in [-0.25, -0.2) is 0 Å². The summed E-state index contributed by atoms with van der Waals surface area (Å²) in [5.74, 6) is 0.842. The molecule has 76 valence electrons. The summed E-state index contributed by atoms with van der Waals surface area (Å²) in [6, 6.07) is 8.85. The van der Waals surface area contributed by atoms with Crippen LogP contribution in [0.1, 0.15) is 42.1 Å². The Morgan fingerprint density at radius 3 is 2.93 bits per heavy atom. The summed E-state index contributed by atoms with van der Waals surface area (Å²) in [5.41, 5.74) is 3.07. The smallest absolute Gasteiger partial charge is 0.0426 e. The Balaban J connectivity index is 2.22. The van der Waals surface area contributed by atoms with Gasteiger partial charge in [0.2, 0.25) is 0 Å². The lowest BCUT2D eigenvalue weighted by Crippen LogP contribution is -2.16. The quantitative estimate of drug-likeness (QED) is 0.681. The minimum absolute atomic E-state index is 0.590. The van der Waals surface area contributed by atoms with Gasteiger partial charge >= 0.3 is 0 Å². The van der Waals surface area contributed by atoms with Gasteiger partial charge in [-0.1, -0.05) is 53.5 Å². The van der Waals surface area contributed by atoms with Crippen molar-refractivity contribution in [3.63, 3.8) is 0 Å². The van der Waals surface area contributed by atoms with Gasteiger partial charge in [-0.15, -0.1) is 0 Å². The molecule has 0 saturated carbocycles. The molecule has 0 saturated heterocycles. The second-order valence-corrected chi connectivity index (χ2v) is 5.17. The lowest BCUT2D eigenvalue weighted by molar-refractivity contribution is 0.419. The molecule has 2 atom stereocenters. The van der Waals surface area contributed by atoms with E-state index in [4.69, 9.17) is 0 Å². The van der Waals surface area contributed by atoms with Crippen molar-refractivity contribution in [1.29, 1.82) is 0 Å². The maximum absolute atomic E-state index is 3.85. The standard InChI is InChI=1S/C13H17Br/c1-2-5-11-9-8-10-6-3-4-7-12(10)13(11)14/h3-4,6-7,11,13H,2,5,8-9H2,1H3. The van der Waals surface area contributed by atoms with Gasteiger partial charge in [0.15, 0.2) is 0 Å². The molecule has 0 aliphatic heterocycles. The SMILES string of the molecule is CCCC1CCc2ccccc2C1Br. The molecule has 0 amide bonds. The van der Waals surface area contributed by atoms with E-state index >= 15 is 0 Å². The number of benzene rings is 1. The molecule has 0 aromatic heterocycles. The van der Waals surface area contributed by atoms with Crippen molar-refractivity contribution in [1.82, 2.24) is 0 Å². The van der Waals surface area contributed by atoms with Crippen molar-refractivity contribution in [2.75, 3.05) is 0 Å². The maximum Gasteiger partial charge on any atom is 0.0426 e. The van der Waals surface area contributed by atoms with E-state index < -0.39 is 0 Å². The Morgan fingerprint density at radius 2 is 2.14 bits per heavy atom. The molecule has 1 heteroatoms. The number of alkyl halides is 1. The fourth-order valence-corrected chi connectivity index (χ4v) is 3.41. The molecule has 0 fully saturated rings. The van der Waals surface area contributed by atoms with E-state index in [1.54, 1.807) is 5.56 Å². The molecular formula is C13H17Br. The molecule has 0 nitrogen and oxygen atoms in total. The first-order valence-corrected chi connectivity index (χ1v) is 6.46. The molecule has 1 aromatic rings. The molecule has 1 aliphatic carbocycles. The molecule has 0 spiro atoms. The minimum atomic E-state index is 0.590. The van der Waals surface area contributed by atoms with Gasteiger partial charge in [-0.3, -0.25) is 0 Å². The molecule has 0 heterocycles. The van der Waals surface area contributed by atoms with E-state index in [1.807, 2.05) is 0 Å². The van der Waals surface area contributed by atoms with Crippen LogP contribution in [0.15, 0.2) is 24.3 Å². The molecular weight excluding hydrogens is 236 g/mol. The molecule has 0 radical (unpaired) electrons. The zero-order valence-corrected chi connectivity index (χ0v) is 10.3. The predicted octanol–water partition coefficient (Wildman–Crippen LogP) is 4.49. The summed E-state index contributed by atoms with van der Waals surface area (Å²) < 4.78 is 0. The van der Waals surface area contributed by atoms with Crippen LogP contribution in [0.4, 0.5) is 0 Å². The molecule has 14 heavy (non-hydrogen) atoms. The second kappa shape index (κ2) is 4.48. The zero-order chi connectivity index (χ0) is 9.97. The fraction of sp³-hybridized carbons (Fsp3) is 0.538. The number of hydrogen-bond donors (Lipinski definition) is 0. The third kappa shape index (κ3) is 1.88. The summed E-state index contributed by atoms with van der Waals surface area (Å²) in [7, 11) is 0. The lowest BCUT2D eigenvalue weighted by atomic mass is 9.82. The Kier molecular flexibility index (Phi) is 3.27. The normalized spacial score (nSPS) is 25.9. The number of rotatable bonds is 2. The minimum Gasteiger partial charge on any atom is -0.0836 e. The van der Waals surface area contributed by atoms with Crippen LogP contribution in [0.25, 0.3) is 0 Å². The van der Waals surface area contributed by atoms with Gasteiger partial charge in [-0.2, -0.15) is 0 Å². The summed E-state index contributed by atoms with van der Waals surface area (Å²) in [6.45, 7) is 2.28. The largest absolute Gasteiger partial charge is 0.0836 e. The first kappa shape index (κ1) is 10.2. The highest BCUT2D eigenvalue weighted by molar-refractivity contribution is 9.09. The van der Waals surface area contributed by atoms with E-state index in [0.717, 1.165) is 5.92 Å². The van der Waals surface area contributed by atoms with Crippen molar-refractivity contribution in [2.45, 2.75) is 37.4 Å². The van der Waals surface area contributed by atoms with Crippen molar-refractivity contribution >= 4 is 15.9 Å². The zero-order valence-electron chi connectivity index (χ0n) is 8.67. The van der Waals surface area contributed by atoms with Crippen molar-refractivity contribution < 1.29 is 0 Å². The van der Waals surface area contributed by atoms with Crippen LogP contribution >= 0.6 is 15.9 Å². The Labute approximate surface area is 94.8 Å². The number of fused-ring (bicyclic) bond motifs is 1. The van der Waals surface area contributed by atoms with E-state index in [0.29, 0.717) is 4.83 Å². The molecule has 0 bridgehead atoms. The van der Waals surface area contributed by atoms with Crippen LogP contribution in [0.2, 0.25) is 0 Å². The Hall–Kier alpha value is -0.300. The van der Waals surface area contributed by atoms with E-state index in [-0.39, 0.29) is 0 Å². The number of aryl methyl sites for hydroxylation is 1. The Bertz CT molecular complexity index is 306. The predicted molar refractivity (Wildman–Crippen MR) is 64.8 cm³/mol. The molecule has 2 unspecified atom stereocenters. The molecule has 1 aromatic carbocycles. The monoisotopic (exact) mass is 252 g/mol. The summed E-state index contributed by atoms with van der Waals surface area (Å²) in [5, 5.41) is 0. The van der Waals surface area contributed by atoms with Crippen LogP contribution in [0.3, 0.4) is 0 Å². The summed E-state index contributed by atoms with van der Waals surface area (Å²) >= 11 is 3.85. The van der Waals surface area contributed by atoms with Gasteiger partial charge in [0, 0.05) is 4.83 Å². The van der Waals surface area contributed by atoms with Crippen LogP contribution < -0.4 is 0 Å². The van der Waals surface area contributed by atoms with E-state index in [2.05, 4.69) is 47.1 Å². The topological polar surface area (TPSA) is 0 Å². The van der Waals surface area contributed by atoms with Crippen molar-refractivity contribution in [2.24, 2.45) is 5.92 Å². The van der Waals surface area contributed by atoms with Gasteiger partial charge < -0.3 is 0 Å². The first-order valence-electron chi connectivity index (χ1n) is 5.54. The van der Waals surface area contributed by atoms with Crippen molar-refractivity contribution in [3.05, 3.63) is 35.4 Å². The average Bonchev–Trinajstić information content (AvgIpc) is 2.23.